The summed E-state index contributed by atoms with van der Waals surface area (Å²) in [6.45, 7) is 0.702. The second kappa shape index (κ2) is 7.87. The number of amides is 2. The van der Waals surface area contributed by atoms with Crippen LogP contribution in [0.4, 0.5) is 4.39 Å². The number of nitrogens with one attached hydrogen (secondary N) is 2. The summed E-state index contributed by atoms with van der Waals surface area (Å²) < 4.78 is 14.3. The molecular formula is C17H20FN5O2. The molecule has 0 bridgehead atoms. The van der Waals surface area contributed by atoms with Crippen molar-refractivity contribution in [1.82, 2.24) is 25.6 Å². The zero-order chi connectivity index (χ0) is 17.6. The molecule has 0 atom stereocenters. The largest absolute Gasteiger partial charge is 0.354 e. The normalized spacial score (nSPS) is 14.4. The lowest BCUT2D eigenvalue weighted by Gasteiger charge is -2.10. The van der Waals surface area contributed by atoms with Crippen LogP contribution in [0, 0.1) is 11.7 Å². The molecule has 0 unspecified atom stereocenters. The summed E-state index contributed by atoms with van der Waals surface area (Å²) in [5.74, 6) is -0.537. The van der Waals surface area contributed by atoms with E-state index in [9.17, 15) is 14.0 Å². The van der Waals surface area contributed by atoms with E-state index >= 15 is 0 Å². The third kappa shape index (κ3) is 4.40. The molecule has 1 aromatic heterocycles. The van der Waals surface area contributed by atoms with Crippen LogP contribution >= 0.6 is 0 Å². The first-order valence-corrected chi connectivity index (χ1v) is 8.37. The quantitative estimate of drug-likeness (QED) is 0.776. The van der Waals surface area contributed by atoms with Crippen LogP contribution in [0.2, 0.25) is 0 Å². The predicted octanol–water partition coefficient (Wildman–Crippen LogP) is 1.44. The summed E-state index contributed by atoms with van der Waals surface area (Å²) in [5, 5.41) is 13.2. The summed E-state index contributed by atoms with van der Waals surface area (Å²) in [6.07, 6.45) is 5.59. The molecule has 1 aliphatic rings. The minimum Gasteiger partial charge on any atom is -0.354 e. The van der Waals surface area contributed by atoms with Gasteiger partial charge in [-0.2, -0.15) is 0 Å². The molecule has 0 saturated heterocycles. The van der Waals surface area contributed by atoms with Gasteiger partial charge in [-0.1, -0.05) is 18.1 Å². The monoisotopic (exact) mass is 345 g/mol. The first kappa shape index (κ1) is 17.1. The smallest absolute Gasteiger partial charge is 0.273 e. The maximum absolute atomic E-state index is 12.9. The van der Waals surface area contributed by atoms with Gasteiger partial charge in [0, 0.05) is 19.0 Å². The van der Waals surface area contributed by atoms with Crippen molar-refractivity contribution in [3.05, 3.63) is 42.0 Å². The van der Waals surface area contributed by atoms with Crippen LogP contribution in [0.3, 0.4) is 0 Å². The van der Waals surface area contributed by atoms with Crippen molar-refractivity contribution in [3.63, 3.8) is 0 Å². The fourth-order valence-electron chi connectivity index (χ4n) is 2.87. The minimum atomic E-state index is -0.372. The maximum atomic E-state index is 12.9. The van der Waals surface area contributed by atoms with Gasteiger partial charge >= 0.3 is 0 Å². The van der Waals surface area contributed by atoms with E-state index in [2.05, 4.69) is 20.9 Å². The van der Waals surface area contributed by atoms with Crippen molar-refractivity contribution in [3.8, 4) is 5.69 Å². The fourth-order valence-corrected chi connectivity index (χ4v) is 2.87. The van der Waals surface area contributed by atoms with Gasteiger partial charge in [0.2, 0.25) is 5.91 Å². The van der Waals surface area contributed by atoms with E-state index in [0.29, 0.717) is 18.8 Å². The Balaban J connectivity index is 1.45. The molecular weight excluding hydrogens is 325 g/mol. The zero-order valence-electron chi connectivity index (χ0n) is 13.7. The van der Waals surface area contributed by atoms with Gasteiger partial charge in [-0.3, -0.25) is 9.59 Å². The van der Waals surface area contributed by atoms with Crippen LogP contribution < -0.4 is 10.6 Å². The molecule has 7 nitrogen and oxygen atoms in total. The van der Waals surface area contributed by atoms with Crippen LogP contribution in [0.25, 0.3) is 5.69 Å². The van der Waals surface area contributed by atoms with Crippen molar-refractivity contribution in [2.24, 2.45) is 5.92 Å². The van der Waals surface area contributed by atoms with Gasteiger partial charge in [0.15, 0.2) is 5.69 Å². The Morgan fingerprint density at radius 1 is 1.12 bits per heavy atom. The van der Waals surface area contributed by atoms with Crippen LogP contribution in [-0.4, -0.2) is 39.9 Å². The number of benzene rings is 1. The molecule has 2 amide bonds. The Morgan fingerprint density at radius 3 is 2.52 bits per heavy atom. The number of rotatable bonds is 6. The number of halogens is 1. The van der Waals surface area contributed by atoms with Gasteiger partial charge in [-0.05, 0) is 37.1 Å². The third-order valence-corrected chi connectivity index (χ3v) is 4.25. The van der Waals surface area contributed by atoms with Crippen molar-refractivity contribution < 1.29 is 14.0 Å². The predicted molar refractivity (Wildman–Crippen MR) is 88.6 cm³/mol. The van der Waals surface area contributed by atoms with Gasteiger partial charge in [0.05, 0.1) is 11.9 Å². The molecule has 0 spiro atoms. The topological polar surface area (TPSA) is 88.9 Å². The zero-order valence-corrected chi connectivity index (χ0v) is 13.7. The van der Waals surface area contributed by atoms with Crippen LogP contribution in [0.5, 0.6) is 0 Å². The number of hydrogen-bond acceptors (Lipinski definition) is 4. The molecule has 2 N–H and O–H groups in total. The first-order chi connectivity index (χ1) is 12.1. The van der Waals surface area contributed by atoms with E-state index in [0.717, 1.165) is 25.7 Å². The van der Waals surface area contributed by atoms with Crippen LogP contribution in [-0.2, 0) is 4.79 Å². The highest BCUT2D eigenvalue weighted by Gasteiger charge is 2.22. The van der Waals surface area contributed by atoms with E-state index in [-0.39, 0.29) is 29.2 Å². The molecule has 0 radical (unpaired) electrons. The SMILES string of the molecule is O=C(NCCNC(=O)C1CCCC1)c1cn(-c2ccc(F)cc2)nn1. The number of carbonyl (C=O) groups excluding carboxylic acids is 2. The average molecular weight is 345 g/mol. The van der Waals surface area contributed by atoms with E-state index in [4.69, 9.17) is 0 Å². The lowest BCUT2D eigenvalue weighted by Crippen LogP contribution is -2.37. The number of carbonyl (C=O) groups is 2. The van der Waals surface area contributed by atoms with E-state index in [1.807, 2.05) is 0 Å². The average Bonchev–Trinajstić information content (AvgIpc) is 3.30. The number of nitrogens with zero attached hydrogens (tertiary/aromatic N) is 3. The Labute approximate surface area is 144 Å². The highest BCUT2D eigenvalue weighted by Crippen LogP contribution is 2.24. The highest BCUT2D eigenvalue weighted by molar-refractivity contribution is 5.91. The molecule has 25 heavy (non-hydrogen) atoms. The molecule has 2 aromatic rings. The van der Waals surface area contributed by atoms with Gasteiger partial charge in [-0.25, -0.2) is 9.07 Å². The summed E-state index contributed by atoms with van der Waals surface area (Å²) in [5.41, 5.74) is 0.767. The molecule has 1 aromatic carbocycles. The molecule has 8 heteroatoms. The minimum absolute atomic E-state index is 0.0639. The lowest BCUT2D eigenvalue weighted by molar-refractivity contribution is -0.124. The van der Waals surface area contributed by atoms with Gasteiger partial charge in [0.1, 0.15) is 5.82 Å². The van der Waals surface area contributed by atoms with Crippen molar-refractivity contribution in [1.29, 1.82) is 0 Å². The van der Waals surface area contributed by atoms with E-state index < -0.39 is 0 Å². The van der Waals surface area contributed by atoms with Crippen molar-refractivity contribution in [2.45, 2.75) is 25.7 Å². The number of aromatic nitrogens is 3. The molecule has 132 valence electrons. The summed E-state index contributed by atoms with van der Waals surface area (Å²) in [4.78, 5) is 23.9. The summed E-state index contributed by atoms with van der Waals surface area (Å²) >= 11 is 0. The molecule has 1 saturated carbocycles. The summed E-state index contributed by atoms with van der Waals surface area (Å²) in [7, 11) is 0. The number of hydrogen-bond donors (Lipinski definition) is 2. The van der Waals surface area contributed by atoms with E-state index in [1.165, 1.54) is 23.0 Å². The Hall–Kier alpha value is -2.77. The van der Waals surface area contributed by atoms with Gasteiger partial charge in [-0.15, -0.1) is 5.10 Å². The Bertz CT molecular complexity index is 738. The molecule has 1 heterocycles. The van der Waals surface area contributed by atoms with Crippen molar-refractivity contribution in [2.75, 3.05) is 13.1 Å². The Morgan fingerprint density at radius 2 is 1.80 bits per heavy atom. The molecule has 1 aliphatic carbocycles. The Kier molecular flexibility index (Phi) is 5.37. The van der Waals surface area contributed by atoms with Gasteiger partial charge in [0.25, 0.3) is 5.91 Å². The fraction of sp³-hybridized carbons (Fsp3) is 0.412. The first-order valence-electron chi connectivity index (χ1n) is 8.37. The van der Waals surface area contributed by atoms with Crippen LogP contribution in [0.15, 0.2) is 30.5 Å². The van der Waals surface area contributed by atoms with E-state index in [1.54, 1.807) is 12.1 Å². The standard InChI is InChI=1S/C17H20FN5O2/c18-13-5-7-14(8-6-13)23-11-15(21-22-23)17(25)20-10-9-19-16(24)12-3-1-2-4-12/h5-8,11-12H,1-4,9-10H2,(H,19,24)(H,20,25). The molecule has 0 aliphatic heterocycles. The lowest BCUT2D eigenvalue weighted by atomic mass is 10.1. The molecule has 3 rings (SSSR count). The third-order valence-electron chi connectivity index (χ3n) is 4.25. The molecule has 1 fully saturated rings. The maximum Gasteiger partial charge on any atom is 0.273 e. The van der Waals surface area contributed by atoms with Gasteiger partial charge < -0.3 is 10.6 Å². The summed E-state index contributed by atoms with van der Waals surface area (Å²) in [6, 6.07) is 5.71. The second-order valence-electron chi connectivity index (χ2n) is 6.05. The van der Waals surface area contributed by atoms with Crippen LogP contribution in [0.1, 0.15) is 36.2 Å². The highest BCUT2D eigenvalue weighted by atomic mass is 19.1. The second-order valence-corrected chi connectivity index (χ2v) is 6.05. The van der Waals surface area contributed by atoms with Crippen molar-refractivity contribution >= 4 is 11.8 Å².